The number of hydrogen-bond donors (Lipinski definition) is 0. The number of aryl methyl sites for hydroxylation is 1. The number of carbonyl (C=O) groups is 2. The topological polar surface area (TPSA) is 60.8 Å². The summed E-state index contributed by atoms with van der Waals surface area (Å²) in [4.78, 5) is 27.0. The van der Waals surface area contributed by atoms with Crippen LogP contribution >= 0.6 is 0 Å². The number of carbonyl (C=O) groups excluding carboxylic acids is 2. The second kappa shape index (κ2) is 12.8. The Hall–Kier alpha value is -4.06. The van der Waals surface area contributed by atoms with Gasteiger partial charge in [0.25, 0.3) is 0 Å². The number of benzene rings is 3. The van der Waals surface area contributed by atoms with Gasteiger partial charge in [0.05, 0.1) is 12.1 Å². The second-order valence-corrected chi connectivity index (χ2v) is 9.06. The van der Waals surface area contributed by atoms with Gasteiger partial charge in [0.1, 0.15) is 18.9 Å². The lowest BCUT2D eigenvalue weighted by Crippen LogP contribution is -2.31. The first-order valence-corrected chi connectivity index (χ1v) is 12.8. The molecule has 0 unspecified atom stereocenters. The maximum absolute atomic E-state index is 13.2. The van der Waals surface area contributed by atoms with Crippen molar-refractivity contribution in [3.05, 3.63) is 102 Å². The molecule has 6 heteroatoms. The zero-order chi connectivity index (χ0) is 26.0. The molecule has 1 amide bonds. The molecule has 1 heterocycles. The lowest BCUT2D eigenvalue weighted by molar-refractivity contribution is -0.143. The Balaban J connectivity index is 1.56. The first-order chi connectivity index (χ1) is 18.0. The number of esters is 1. The predicted molar refractivity (Wildman–Crippen MR) is 145 cm³/mol. The molecule has 1 aromatic heterocycles. The fraction of sp³-hybridized carbons (Fsp3) is 0.290. The van der Waals surface area contributed by atoms with Gasteiger partial charge in [-0.2, -0.15) is 0 Å². The Kier molecular flexibility index (Phi) is 8.98. The maximum atomic E-state index is 13.2. The molecule has 37 heavy (non-hydrogen) atoms. The van der Waals surface area contributed by atoms with Gasteiger partial charge in [-0.1, -0.05) is 72.8 Å². The van der Waals surface area contributed by atoms with Gasteiger partial charge in [0.15, 0.2) is 0 Å². The van der Waals surface area contributed by atoms with Gasteiger partial charge in [-0.3, -0.25) is 9.59 Å². The Labute approximate surface area is 218 Å². The Morgan fingerprint density at radius 3 is 2.27 bits per heavy atom. The molecule has 0 aliphatic rings. The number of ether oxygens (including phenoxy) is 2. The quantitative estimate of drug-likeness (QED) is 0.245. The Morgan fingerprint density at radius 2 is 1.57 bits per heavy atom. The van der Waals surface area contributed by atoms with Crippen LogP contribution in [0.2, 0.25) is 0 Å². The van der Waals surface area contributed by atoms with Crippen LogP contribution in [0.1, 0.15) is 30.0 Å². The molecule has 0 aliphatic heterocycles. The van der Waals surface area contributed by atoms with Crippen molar-refractivity contribution in [3.8, 4) is 5.75 Å². The lowest BCUT2D eigenvalue weighted by Gasteiger charge is -2.18. The van der Waals surface area contributed by atoms with Crippen LogP contribution in [0.5, 0.6) is 5.75 Å². The number of hydrogen-bond acceptors (Lipinski definition) is 4. The summed E-state index contributed by atoms with van der Waals surface area (Å²) in [6.45, 7) is 3.41. The van der Waals surface area contributed by atoms with Gasteiger partial charge in [0, 0.05) is 31.6 Å². The average molecular weight is 499 g/mol. The summed E-state index contributed by atoms with van der Waals surface area (Å²) < 4.78 is 13.3. The van der Waals surface area contributed by atoms with Gasteiger partial charge in [0.2, 0.25) is 5.91 Å². The van der Waals surface area contributed by atoms with Crippen LogP contribution in [-0.4, -0.2) is 41.5 Å². The van der Waals surface area contributed by atoms with Crippen LogP contribution in [-0.2, 0) is 40.3 Å². The van der Waals surface area contributed by atoms with Crippen molar-refractivity contribution in [1.29, 1.82) is 0 Å². The summed E-state index contributed by atoms with van der Waals surface area (Å²) in [7, 11) is 1.84. The van der Waals surface area contributed by atoms with Gasteiger partial charge in [-0.15, -0.1) is 0 Å². The second-order valence-electron chi connectivity index (χ2n) is 9.06. The summed E-state index contributed by atoms with van der Waals surface area (Å²) in [5, 5.41) is 0.981. The zero-order valence-corrected chi connectivity index (χ0v) is 21.6. The van der Waals surface area contributed by atoms with Gasteiger partial charge in [-0.05, 0) is 42.5 Å². The molecule has 6 nitrogen and oxygen atoms in total. The molecule has 0 aliphatic carbocycles. The Morgan fingerprint density at radius 1 is 0.865 bits per heavy atom. The van der Waals surface area contributed by atoms with Crippen LogP contribution in [0.25, 0.3) is 10.9 Å². The smallest absolute Gasteiger partial charge is 0.306 e. The molecule has 4 aromatic rings. The molecule has 192 valence electrons. The molecule has 0 N–H and O–H groups in total. The van der Waals surface area contributed by atoms with Crippen LogP contribution in [0.3, 0.4) is 0 Å². The summed E-state index contributed by atoms with van der Waals surface area (Å²) in [6.07, 6.45) is 3.59. The number of para-hydroxylation sites is 1. The highest BCUT2D eigenvalue weighted by Crippen LogP contribution is 2.31. The van der Waals surface area contributed by atoms with Crippen LogP contribution in [0.15, 0.2) is 85.1 Å². The average Bonchev–Trinajstić information content (AvgIpc) is 3.28. The van der Waals surface area contributed by atoms with E-state index in [9.17, 15) is 9.59 Å². The molecular weight excluding hydrogens is 464 g/mol. The number of fused-ring (bicyclic) bond motifs is 1. The first-order valence-electron chi connectivity index (χ1n) is 12.8. The highest BCUT2D eigenvalue weighted by atomic mass is 16.5. The molecule has 0 atom stereocenters. The minimum atomic E-state index is -0.225. The normalized spacial score (nSPS) is 10.9. The molecule has 0 fully saturated rings. The number of rotatable bonds is 12. The van der Waals surface area contributed by atoms with Crippen molar-refractivity contribution in [1.82, 2.24) is 9.47 Å². The highest BCUT2D eigenvalue weighted by Gasteiger charge is 2.18. The molecule has 0 bridgehead atoms. The van der Waals surface area contributed by atoms with E-state index in [1.165, 1.54) is 5.56 Å². The number of aromatic nitrogens is 1. The van der Waals surface area contributed by atoms with E-state index in [1.54, 1.807) is 11.8 Å². The third-order valence-electron chi connectivity index (χ3n) is 6.39. The third kappa shape index (κ3) is 7.00. The standard InChI is InChI=1S/C31H34N2O4/c1-3-36-30(35)18-17-26-21-33(22-29(34)32(2)20-19-24-11-6-4-7-12-24)31-27(26)15-10-16-28(31)37-23-25-13-8-5-9-14-25/h4-16,21H,3,17-20,22-23H2,1-2H3. The maximum Gasteiger partial charge on any atom is 0.306 e. The van der Waals surface area contributed by atoms with E-state index in [1.807, 2.05) is 84.5 Å². The van der Waals surface area contributed by atoms with Crippen LogP contribution in [0, 0.1) is 0 Å². The van der Waals surface area contributed by atoms with Crippen molar-refractivity contribution in [2.24, 2.45) is 0 Å². The predicted octanol–water partition coefficient (Wildman–Crippen LogP) is 5.42. The summed E-state index contributed by atoms with van der Waals surface area (Å²) in [5.74, 6) is 0.503. The number of likely N-dealkylation sites (N-methyl/N-ethyl adjacent to an activating group) is 1. The fourth-order valence-electron chi connectivity index (χ4n) is 4.38. The largest absolute Gasteiger partial charge is 0.487 e. The molecule has 0 radical (unpaired) electrons. The van der Waals surface area contributed by atoms with E-state index >= 15 is 0 Å². The van der Waals surface area contributed by atoms with Gasteiger partial charge >= 0.3 is 5.97 Å². The number of nitrogens with zero attached hydrogens (tertiary/aromatic N) is 2. The summed E-state index contributed by atoms with van der Waals surface area (Å²) >= 11 is 0. The van der Waals surface area contributed by atoms with Crippen LogP contribution < -0.4 is 4.74 Å². The van der Waals surface area contributed by atoms with E-state index in [4.69, 9.17) is 9.47 Å². The molecule has 4 rings (SSSR count). The van der Waals surface area contributed by atoms with Crippen molar-refractivity contribution < 1.29 is 19.1 Å². The van der Waals surface area contributed by atoms with Gasteiger partial charge < -0.3 is 18.9 Å². The molecular formula is C31H34N2O4. The third-order valence-corrected chi connectivity index (χ3v) is 6.39. The minimum Gasteiger partial charge on any atom is -0.487 e. The first kappa shape index (κ1) is 26.0. The monoisotopic (exact) mass is 498 g/mol. The van der Waals surface area contributed by atoms with E-state index in [0.29, 0.717) is 31.9 Å². The van der Waals surface area contributed by atoms with Crippen molar-refractivity contribution >= 4 is 22.8 Å². The van der Waals surface area contributed by atoms with Gasteiger partial charge in [-0.25, -0.2) is 0 Å². The zero-order valence-electron chi connectivity index (χ0n) is 21.6. The van der Waals surface area contributed by atoms with E-state index < -0.39 is 0 Å². The van der Waals surface area contributed by atoms with E-state index in [0.717, 1.165) is 28.5 Å². The molecule has 0 saturated carbocycles. The summed E-state index contributed by atoms with van der Waals surface area (Å²) in [5.41, 5.74) is 4.12. The minimum absolute atomic E-state index is 0.0163. The van der Waals surface area contributed by atoms with Crippen molar-refractivity contribution in [3.63, 3.8) is 0 Å². The summed E-state index contributed by atoms with van der Waals surface area (Å²) in [6, 6.07) is 26.1. The van der Waals surface area contributed by atoms with E-state index in [2.05, 4.69) is 12.1 Å². The molecule has 0 spiro atoms. The fourth-order valence-corrected chi connectivity index (χ4v) is 4.38. The van der Waals surface area contributed by atoms with Crippen molar-refractivity contribution in [2.75, 3.05) is 20.2 Å². The lowest BCUT2D eigenvalue weighted by atomic mass is 10.1. The van der Waals surface area contributed by atoms with Crippen LogP contribution in [0.4, 0.5) is 0 Å². The molecule has 0 saturated heterocycles. The highest BCUT2D eigenvalue weighted by molar-refractivity contribution is 5.91. The molecule has 3 aromatic carbocycles. The van der Waals surface area contributed by atoms with Crippen molar-refractivity contribution in [2.45, 2.75) is 39.3 Å². The number of amides is 1. The SMILES string of the molecule is CCOC(=O)CCc1cn(CC(=O)N(C)CCc2ccccc2)c2c(OCc3ccccc3)cccc12. The van der Waals surface area contributed by atoms with E-state index in [-0.39, 0.29) is 24.8 Å². The Bertz CT molecular complexity index is 1320.